The van der Waals surface area contributed by atoms with E-state index in [4.69, 9.17) is 23.2 Å². The maximum absolute atomic E-state index is 10.4. The zero-order valence-corrected chi connectivity index (χ0v) is 17.2. The fourth-order valence-corrected chi connectivity index (χ4v) is 2.94. The number of nitrogens with one attached hydrogen (secondary N) is 2. The molecule has 0 saturated heterocycles. The molecule has 0 radical (unpaired) electrons. The van der Waals surface area contributed by atoms with Crippen molar-refractivity contribution in [1.82, 2.24) is 15.6 Å². The van der Waals surface area contributed by atoms with Crippen molar-refractivity contribution in [3.8, 4) is 0 Å². The molecule has 146 valence electrons. The molecule has 1 heterocycles. The Morgan fingerprint density at radius 2 is 1.89 bits per heavy atom. The number of hydrogen-bond donors (Lipinski definition) is 3. The Morgan fingerprint density at radius 3 is 2.52 bits per heavy atom. The second-order valence-electron chi connectivity index (χ2n) is 6.21. The number of benzene rings is 1. The summed E-state index contributed by atoms with van der Waals surface area (Å²) in [6, 6.07) is 8.96. The zero-order valence-electron chi connectivity index (χ0n) is 15.7. The number of rotatable bonds is 7. The highest BCUT2D eigenvalue weighted by Crippen LogP contribution is 2.23. The van der Waals surface area contributed by atoms with Crippen molar-refractivity contribution in [2.75, 3.05) is 32.1 Å². The molecule has 0 aliphatic rings. The predicted octanol–water partition coefficient (Wildman–Crippen LogP) is 3.24. The molecule has 0 saturated carbocycles. The quantitative estimate of drug-likeness (QED) is 0.483. The summed E-state index contributed by atoms with van der Waals surface area (Å²) in [5, 5.41) is 17.7. The highest BCUT2D eigenvalue weighted by molar-refractivity contribution is 6.34. The summed E-state index contributed by atoms with van der Waals surface area (Å²) < 4.78 is 0. The minimum Gasteiger partial charge on any atom is -0.387 e. The fourth-order valence-electron chi connectivity index (χ4n) is 2.39. The summed E-state index contributed by atoms with van der Waals surface area (Å²) in [4.78, 5) is 10.8. The molecule has 0 amide bonds. The molecule has 8 heteroatoms. The topological polar surface area (TPSA) is 72.8 Å². The van der Waals surface area contributed by atoms with Crippen LogP contribution in [0.15, 0.2) is 41.5 Å². The van der Waals surface area contributed by atoms with Crippen LogP contribution in [0.4, 0.5) is 5.82 Å². The van der Waals surface area contributed by atoms with E-state index in [1.165, 1.54) is 0 Å². The minimum atomic E-state index is -0.758. The summed E-state index contributed by atoms with van der Waals surface area (Å²) in [7, 11) is 3.90. The molecule has 0 fully saturated rings. The average molecular weight is 410 g/mol. The van der Waals surface area contributed by atoms with Crippen molar-refractivity contribution in [3.63, 3.8) is 0 Å². The number of halogens is 2. The standard InChI is InChI=1S/C19H25Cl2N5O/c1-4-22-19(24-11-13-5-6-23-18(7-13)26(2)3)25-12-17(27)14-8-15(20)10-16(21)9-14/h5-10,17,27H,4,11-12H2,1-3H3,(H2,22,24,25). The largest absolute Gasteiger partial charge is 0.387 e. The van der Waals surface area contributed by atoms with Crippen molar-refractivity contribution < 1.29 is 5.11 Å². The zero-order chi connectivity index (χ0) is 19.8. The first kappa shape index (κ1) is 21.3. The normalized spacial score (nSPS) is 12.6. The van der Waals surface area contributed by atoms with Gasteiger partial charge in [-0.05, 0) is 48.4 Å². The predicted molar refractivity (Wildman–Crippen MR) is 113 cm³/mol. The van der Waals surface area contributed by atoms with E-state index in [2.05, 4.69) is 20.6 Å². The molecule has 0 aliphatic heterocycles. The van der Waals surface area contributed by atoms with E-state index in [9.17, 15) is 5.11 Å². The van der Waals surface area contributed by atoms with E-state index in [0.29, 0.717) is 34.7 Å². The Morgan fingerprint density at radius 1 is 1.19 bits per heavy atom. The third kappa shape index (κ3) is 6.90. The van der Waals surface area contributed by atoms with Gasteiger partial charge < -0.3 is 20.6 Å². The van der Waals surface area contributed by atoms with Gasteiger partial charge in [0.2, 0.25) is 0 Å². The molecular weight excluding hydrogens is 385 g/mol. The van der Waals surface area contributed by atoms with E-state index in [1.807, 2.05) is 38.1 Å². The first-order valence-corrected chi connectivity index (χ1v) is 9.43. The summed E-state index contributed by atoms with van der Waals surface area (Å²) in [5.41, 5.74) is 1.70. The van der Waals surface area contributed by atoms with E-state index in [-0.39, 0.29) is 6.54 Å². The minimum absolute atomic E-state index is 0.280. The first-order chi connectivity index (χ1) is 12.9. The number of pyridine rings is 1. The van der Waals surface area contributed by atoms with E-state index >= 15 is 0 Å². The molecule has 1 aromatic carbocycles. The molecular formula is C19H25Cl2N5O. The lowest BCUT2D eigenvalue weighted by Gasteiger charge is -2.16. The number of hydrogen-bond acceptors (Lipinski definition) is 4. The summed E-state index contributed by atoms with van der Waals surface area (Å²) in [6.45, 7) is 3.48. The molecule has 1 aromatic heterocycles. The Balaban J connectivity index is 2.01. The average Bonchev–Trinajstić information content (AvgIpc) is 2.63. The van der Waals surface area contributed by atoms with Gasteiger partial charge in [0.1, 0.15) is 5.82 Å². The van der Waals surface area contributed by atoms with Crippen LogP contribution in [-0.4, -0.2) is 43.2 Å². The van der Waals surface area contributed by atoms with Crippen molar-refractivity contribution in [1.29, 1.82) is 0 Å². The summed E-state index contributed by atoms with van der Waals surface area (Å²) in [6.07, 6.45) is 1.01. The van der Waals surface area contributed by atoms with Crippen LogP contribution in [0.3, 0.4) is 0 Å². The number of guanidine groups is 1. The number of nitrogens with zero attached hydrogens (tertiary/aromatic N) is 3. The van der Waals surface area contributed by atoms with E-state index < -0.39 is 6.10 Å². The number of aromatic nitrogens is 1. The lowest BCUT2D eigenvalue weighted by atomic mass is 10.1. The third-order valence-corrected chi connectivity index (χ3v) is 4.20. The van der Waals surface area contributed by atoms with E-state index in [0.717, 1.165) is 11.4 Å². The van der Waals surface area contributed by atoms with Crippen LogP contribution in [0.1, 0.15) is 24.2 Å². The third-order valence-electron chi connectivity index (χ3n) is 3.76. The van der Waals surface area contributed by atoms with Crippen LogP contribution >= 0.6 is 23.2 Å². The summed E-state index contributed by atoms with van der Waals surface area (Å²) in [5.74, 6) is 1.50. The highest BCUT2D eigenvalue weighted by Gasteiger charge is 2.10. The summed E-state index contributed by atoms with van der Waals surface area (Å²) >= 11 is 12.0. The van der Waals surface area contributed by atoms with Gasteiger partial charge in [0.15, 0.2) is 5.96 Å². The van der Waals surface area contributed by atoms with Gasteiger partial charge in [-0.1, -0.05) is 23.2 Å². The van der Waals surface area contributed by atoms with Gasteiger partial charge in [-0.25, -0.2) is 9.98 Å². The number of aliphatic hydroxyl groups is 1. The Hall–Kier alpha value is -2.02. The Bertz CT molecular complexity index is 762. The molecule has 27 heavy (non-hydrogen) atoms. The SMILES string of the molecule is CCNC(=NCc1ccnc(N(C)C)c1)NCC(O)c1cc(Cl)cc(Cl)c1. The first-order valence-electron chi connectivity index (χ1n) is 8.67. The maximum atomic E-state index is 10.4. The van der Waals surface area contributed by atoms with E-state index in [1.54, 1.807) is 24.4 Å². The fraction of sp³-hybridized carbons (Fsp3) is 0.368. The maximum Gasteiger partial charge on any atom is 0.191 e. The van der Waals surface area contributed by atoms with Gasteiger partial charge in [-0.15, -0.1) is 0 Å². The second kappa shape index (κ2) is 10.3. The van der Waals surface area contributed by atoms with Crippen LogP contribution in [0.2, 0.25) is 10.0 Å². The van der Waals surface area contributed by atoms with Crippen LogP contribution in [0.5, 0.6) is 0 Å². The number of aliphatic hydroxyl groups excluding tert-OH is 1. The van der Waals surface area contributed by atoms with Gasteiger partial charge >= 0.3 is 0 Å². The molecule has 2 aromatic rings. The van der Waals surface area contributed by atoms with Crippen LogP contribution in [-0.2, 0) is 6.54 Å². The highest BCUT2D eigenvalue weighted by atomic mass is 35.5. The van der Waals surface area contributed by atoms with Crippen molar-refractivity contribution >= 4 is 35.0 Å². The molecule has 0 aliphatic carbocycles. The molecule has 0 bridgehead atoms. The Labute approximate surface area is 170 Å². The smallest absolute Gasteiger partial charge is 0.191 e. The number of anilines is 1. The molecule has 1 unspecified atom stereocenters. The van der Waals surface area contributed by atoms with Crippen molar-refractivity contribution in [3.05, 3.63) is 57.7 Å². The van der Waals surface area contributed by atoms with Gasteiger partial charge in [0, 0.05) is 43.4 Å². The molecule has 0 spiro atoms. The number of aliphatic imine (C=N–C) groups is 1. The second-order valence-corrected chi connectivity index (χ2v) is 7.08. The lowest BCUT2D eigenvalue weighted by Crippen LogP contribution is -2.39. The Kier molecular flexibility index (Phi) is 8.16. The molecule has 6 nitrogen and oxygen atoms in total. The van der Waals surface area contributed by atoms with Crippen molar-refractivity contribution in [2.24, 2.45) is 4.99 Å². The molecule has 1 atom stereocenters. The van der Waals surface area contributed by atoms with Gasteiger partial charge in [0.05, 0.1) is 12.6 Å². The van der Waals surface area contributed by atoms with Gasteiger partial charge in [-0.2, -0.15) is 0 Å². The van der Waals surface area contributed by atoms with Crippen LogP contribution in [0, 0.1) is 0 Å². The van der Waals surface area contributed by atoms with Gasteiger partial charge in [0.25, 0.3) is 0 Å². The van der Waals surface area contributed by atoms with Crippen molar-refractivity contribution in [2.45, 2.75) is 19.6 Å². The molecule has 2 rings (SSSR count). The molecule has 3 N–H and O–H groups in total. The van der Waals surface area contributed by atoms with Gasteiger partial charge in [-0.3, -0.25) is 0 Å². The lowest BCUT2D eigenvalue weighted by molar-refractivity contribution is 0.181. The van der Waals surface area contributed by atoms with Crippen LogP contribution < -0.4 is 15.5 Å². The van der Waals surface area contributed by atoms with Crippen LogP contribution in [0.25, 0.3) is 0 Å². The monoisotopic (exact) mass is 409 g/mol.